The van der Waals surface area contributed by atoms with Crippen LogP contribution in [0.3, 0.4) is 0 Å². The van der Waals surface area contributed by atoms with Crippen molar-refractivity contribution < 1.29 is 8.42 Å². The number of H-pyrrole nitrogens is 1. The van der Waals surface area contributed by atoms with Crippen molar-refractivity contribution in [2.24, 2.45) is 0 Å². The van der Waals surface area contributed by atoms with Crippen molar-refractivity contribution in [3.05, 3.63) is 58.0 Å². The Morgan fingerprint density at radius 1 is 1.05 bits per heavy atom. The van der Waals surface area contributed by atoms with Gasteiger partial charge in [-0.05, 0) is 31.0 Å². The minimum Gasteiger partial charge on any atom is -0.328 e. The molecule has 2 rings (SSSR count). The number of anilines is 1. The second-order valence-electron chi connectivity index (χ2n) is 4.26. The van der Waals surface area contributed by atoms with Crippen LogP contribution >= 0.6 is 0 Å². The molecule has 0 bridgehead atoms. The van der Waals surface area contributed by atoms with Crippen LogP contribution in [0.4, 0.5) is 5.69 Å². The molecule has 0 fully saturated rings. The predicted molar refractivity (Wildman–Crippen MR) is 73.8 cm³/mol. The van der Waals surface area contributed by atoms with Gasteiger partial charge in [-0.3, -0.25) is 9.52 Å². The van der Waals surface area contributed by atoms with Gasteiger partial charge in [0.25, 0.3) is 10.0 Å². The summed E-state index contributed by atoms with van der Waals surface area (Å²) in [5, 5.41) is 0. The van der Waals surface area contributed by atoms with Crippen molar-refractivity contribution >= 4 is 15.7 Å². The first-order valence-electron chi connectivity index (χ1n) is 5.68. The minimum atomic E-state index is -3.70. The van der Waals surface area contributed by atoms with Gasteiger partial charge in [0.1, 0.15) is 4.90 Å². The van der Waals surface area contributed by atoms with Crippen molar-refractivity contribution in [3.8, 4) is 0 Å². The van der Waals surface area contributed by atoms with Crippen LogP contribution < -0.4 is 10.3 Å². The summed E-state index contributed by atoms with van der Waals surface area (Å²) in [6.07, 6.45) is 1.18. The van der Waals surface area contributed by atoms with Gasteiger partial charge in [-0.15, -0.1) is 0 Å². The molecule has 0 aliphatic rings. The minimum absolute atomic E-state index is 0.0229. The number of hydrogen-bond acceptors (Lipinski definition) is 3. The Balaban J connectivity index is 2.42. The molecule has 0 spiro atoms. The second-order valence-corrected chi connectivity index (χ2v) is 5.94. The van der Waals surface area contributed by atoms with Crippen molar-refractivity contribution in [1.82, 2.24) is 4.98 Å². The summed E-state index contributed by atoms with van der Waals surface area (Å²) in [6.45, 7) is 3.66. The standard InChI is InChI=1S/C13H14N2O3S/c1-9-4-3-5-10(2)13(9)15-19(17,18)11-6-7-12(16)14-8-11/h3-8,15H,1-2H3,(H,14,16). The number of nitrogens with one attached hydrogen (secondary N) is 2. The van der Waals surface area contributed by atoms with Gasteiger partial charge in [-0.1, -0.05) is 18.2 Å². The zero-order chi connectivity index (χ0) is 14.0. The van der Waals surface area contributed by atoms with E-state index in [1.54, 1.807) is 0 Å². The number of hydrogen-bond donors (Lipinski definition) is 2. The molecular formula is C13H14N2O3S. The maximum Gasteiger partial charge on any atom is 0.263 e. The highest BCUT2D eigenvalue weighted by Gasteiger charge is 2.16. The Bertz CT molecular complexity index is 723. The second kappa shape index (κ2) is 4.89. The van der Waals surface area contributed by atoms with Crippen molar-refractivity contribution in [2.45, 2.75) is 18.7 Å². The van der Waals surface area contributed by atoms with Gasteiger partial charge in [0.2, 0.25) is 5.56 Å². The van der Waals surface area contributed by atoms with E-state index in [0.29, 0.717) is 5.69 Å². The SMILES string of the molecule is Cc1cccc(C)c1NS(=O)(=O)c1ccc(=O)[nH]c1. The van der Waals surface area contributed by atoms with E-state index >= 15 is 0 Å². The summed E-state index contributed by atoms with van der Waals surface area (Å²) in [5.41, 5.74) is 1.90. The lowest BCUT2D eigenvalue weighted by Gasteiger charge is -2.12. The zero-order valence-electron chi connectivity index (χ0n) is 10.6. The van der Waals surface area contributed by atoms with E-state index in [-0.39, 0.29) is 10.5 Å². The Morgan fingerprint density at radius 3 is 2.21 bits per heavy atom. The normalized spacial score (nSPS) is 11.3. The number of sulfonamides is 1. The van der Waals surface area contributed by atoms with Crippen LogP contribution in [-0.4, -0.2) is 13.4 Å². The van der Waals surface area contributed by atoms with Crippen molar-refractivity contribution in [2.75, 3.05) is 4.72 Å². The Labute approximate surface area is 111 Å². The van der Waals surface area contributed by atoms with Crippen LogP contribution in [0.2, 0.25) is 0 Å². The third-order valence-electron chi connectivity index (χ3n) is 2.78. The lowest BCUT2D eigenvalue weighted by Crippen LogP contribution is -2.16. The third-order valence-corrected chi connectivity index (χ3v) is 4.13. The first-order chi connectivity index (χ1) is 8.90. The van der Waals surface area contributed by atoms with E-state index < -0.39 is 10.0 Å². The van der Waals surface area contributed by atoms with E-state index in [4.69, 9.17) is 0 Å². The number of para-hydroxylation sites is 1. The van der Waals surface area contributed by atoms with Gasteiger partial charge in [-0.2, -0.15) is 0 Å². The molecule has 1 aromatic heterocycles. The highest BCUT2D eigenvalue weighted by Crippen LogP contribution is 2.22. The van der Waals surface area contributed by atoms with Crippen LogP contribution in [0.25, 0.3) is 0 Å². The van der Waals surface area contributed by atoms with E-state index in [1.807, 2.05) is 32.0 Å². The number of benzene rings is 1. The highest BCUT2D eigenvalue weighted by atomic mass is 32.2. The van der Waals surface area contributed by atoms with Crippen LogP contribution in [0.5, 0.6) is 0 Å². The third kappa shape index (κ3) is 2.85. The summed E-state index contributed by atoms with van der Waals surface area (Å²) < 4.78 is 26.9. The molecule has 1 aromatic carbocycles. The first kappa shape index (κ1) is 13.4. The molecule has 0 aliphatic heterocycles. The lowest BCUT2D eigenvalue weighted by atomic mass is 10.1. The molecule has 0 aliphatic carbocycles. The first-order valence-corrected chi connectivity index (χ1v) is 7.16. The van der Waals surface area contributed by atoms with Gasteiger partial charge in [0.05, 0.1) is 5.69 Å². The molecule has 0 radical (unpaired) electrons. The summed E-state index contributed by atoms with van der Waals surface area (Å²) in [6, 6.07) is 7.98. The average molecular weight is 278 g/mol. The molecule has 2 aromatic rings. The van der Waals surface area contributed by atoms with E-state index in [9.17, 15) is 13.2 Å². The predicted octanol–water partition coefficient (Wildman–Crippen LogP) is 1.79. The highest BCUT2D eigenvalue weighted by molar-refractivity contribution is 7.92. The Hall–Kier alpha value is -2.08. The van der Waals surface area contributed by atoms with Gasteiger partial charge in [0, 0.05) is 12.3 Å². The van der Waals surface area contributed by atoms with Crippen LogP contribution in [0.15, 0.2) is 46.2 Å². The van der Waals surface area contributed by atoms with E-state index in [0.717, 1.165) is 11.1 Å². The van der Waals surface area contributed by atoms with Crippen molar-refractivity contribution in [1.29, 1.82) is 0 Å². The number of aromatic nitrogens is 1. The monoisotopic (exact) mass is 278 g/mol. The molecule has 5 nitrogen and oxygen atoms in total. The Morgan fingerprint density at radius 2 is 1.68 bits per heavy atom. The molecule has 0 saturated carbocycles. The van der Waals surface area contributed by atoms with Crippen LogP contribution in [-0.2, 0) is 10.0 Å². The molecule has 0 unspecified atom stereocenters. The number of rotatable bonds is 3. The molecule has 0 saturated heterocycles. The average Bonchev–Trinajstić information content (AvgIpc) is 2.35. The number of aromatic amines is 1. The maximum atomic E-state index is 12.2. The van der Waals surface area contributed by atoms with Crippen LogP contribution in [0.1, 0.15) is 11.1 Å². The Kier molecular flexibility index (Phi) is 3.44. The molecule has 100 valence electrons. The number of pyridine rings is 1. The fourth-order valence-corrected chi connectivity index (χ4v) is 2.90. The fraction of sp³-hybridized carbons (Fsp3) is 0.154. The summed E-state index contributed by atoms with van der Waals surface area (Å²) in [7, 11) is -3.70. The van der Waals surface area contributed by atoms with Crippen molar-refractivity contribution in [3.63, 3.8) is 0 Å². The topological polar surface area (TPSA) is 79.0 Å². The summed E-state index contributed by atoms with van der Waals surface area (Å²) in [5.74, 6) is 0. The quantitative estimate of drug-likeness (QED) is 0.898. The maximum absolute atomic E-state index is 12.2. The molecule has 2 N–H and O–H groups in total. The largest absolute Gasteiger partial charge is 0.328 e. The molecular weight excluding hydrogens is 264 g/mol. The molecule has 19 heavy (non-hydrogen) atoms. The van der Waals surface area contributed by atoms with Gasteiger partial charge in [-0.25, -0.2) is 8.42 Å². The molecule has 1 heterocycles. The van der Waals surface area contributed by atoms with Gasteiger partial charge in [0.15, 0.2) is 0 Å². The van der Waals surface area contributed by atoms with E-state index in [2.05, 4.69) is 9.71 Å². The summed E-state index contributed by atoms with van der Waals surface area (Å²) >= 11 is 0. The molecule has 0 amide bonds. The number of aryl methyl sites for hydroxylation is 2. The molecule has 0 atom stereocenters. The fourth-order valence-electron chi connectivity index (χ4n) is 1.73. The summed E-state index contributed by atoms with van der Waals surface area (Å²) in [4.78, 5) is 13.3. The molecule has 6 heteroatoms. The zero-order valence-corrected chi connectivity index (χ0v) is 11.4. The van der Waals surface area contributed by atoms with Crippen LogP contribution in [0, 0.1) is 13.8 Å². The van der Waals surface area contributed by atoms with E-state index in [1.165, 1.54) is 18.3 Å². The van der Waals surface area contributed by atoms with Gasteiger partial charge >= 0.3 is 0 Å². The van der Waals surface area contributed by atoms with Gasteiger partial charge < -0.3 is 4.98 Å². The smallest absolute Gasteiger partial charge is 0.263 e. The lowest BCUT2D eigenvalue weighted by molar-refractivity contribution is 0.600.